The molecule has 20 heavy (non-hydrogen) atoms. The van der Waals surface area contributed by atoms with Crippen LogP contribution >= 0.6 is 11.8 Å². The Hall–Kier alpha value is -1.93. The average molecular weight is 290 g/mol. The van der Waals surface area contributed by atoms with Crippen molar-refractivity contribution in [3.8, 4) is 11.4 Å². The Morgan fingerprint density at radius 2 is 2.45 bits per heavy atom. The molecule has 0 bridgehead atoms. The number of aryl methyl sites for hydroxylation is 1. The first kappa shape index (κ1) is 13.1. The fraction of sp³-hybridized carbons (Fsp3) is 0.333. The van der Waals surface area contributed by atoms with E-state index in [-0.39, 0.29) is 11.9 Å². The molecule has 1 aliphatic heterocycles. The molecule has 1 aromatic heterocycles. The highest BCUT2D eigenvalue weighted by Crippen LogP contribution is 2.20. The molecule has 1 unspecified atom stereocenters. The van der Waals surface area contributed by atoms with E-state index in [4.69, 9.17) is 0 Å². The van der Waals surface area contributed by atoms with E-state index in [2.05, 4.69) is 26.2 Å². The molecule has 0 spiro atoms. The van der Waals surface area contributed by atoms with Crippen LogP contribution in [0.4, 0.5) is 5.69 Å². The lowest BCUT2D eigenvalue weighted by molar-refractivity contribution is -0.117. The third-order valence-electron chi connectivity index (χ3n) is 3.04. The third kappa shape index (κ3) is 2.66. The summed E-state index contributed by atoms with van der Waals surface area (Å²) < 4.78 is 1.59. The molecule has 7 nitrogen and oxygen atoms in total. The van der Waals surface area contributed by atoms with E-state index in [0.717, 1.165) is 22.9 Å². The molecule has 2 aromatic rings. The molecule has 0 radical (unpaired) electrons. The summed E-state index contributed by atoms with van der Waals surface area (Å²) in [7, 11) is 1.78. The number of carbonyl (C=O) groups is 1. The largest absolute Gasteiger partial charge is 0.325 e. The van der Waals surface area contributed by atoms with E-state index in [1.54, 1.807) is 23.5 Å². The summed E-state index contributed by atoms with van der Waals surface area (Å²) in [5, 5.41) is 17.4. The Labute approximate surface area is 120 Å². The summed E-state index contributed by atoms with van der Waals surface area (Å²) in [5.41, 5.74) is 1.61. The fourth-order valence-corrected chi connectivity index (χ4v) is 2.94. The second kappa shape index (κ2) is 5.59. The molecule has 0 saturated carbocycles. The number of hydrogen-bond acceptors (Lipinski definition) is 6. The Balaban J connectivity index is 1.78. The van der Waals surface area contributed by atoms with Gasteiger partial charge in [0.05, 0.1) is 6.04 Å². The van der Waals surface area contributed by atoms with Gasteiger partial charge in [-0.2, -0.15) is 0 Å². The van der Waals surface area contributed by atoms with Gasteiger partial charge >= 0.3 is 0 Å². The molecule has 1 aromatic carbocycles. The Bertz CT molecular complexity index is 622. The summed E-state index contributed by atoms with van der Waals surface area (Å²) in [6.07, 6.45) is 0. The summed E-state index contributed by atoms with van der Waals surface area (Å²) >= 11 is 1.72. The van der Waals surface area contributed by atoms with Crippen molar-refractivity contribution >= 4 is 23.4 Å². The highest BCUT2D eigenvalue weighted by Gasteiger charge is 2.22. The van der Waals surface area contributed by atoms with Crippen molar-refractivity contribution in [2.45, 2.75) is 6.04 Å². The SMILES string of the molecule is Cn1nnnc1-c1cccc(NC(=O)C2CSCN2)c1. The van der Waals surface area contributed by atoms with Crippen LogP contribution in [0.1, 0.15) is 0 Å². The van der Waals surface area contributed by atoms with Crippen LogP contribution in [0.3, 0.4) is 0 Å². The fourth-order valence-electron chi connectivity index (χ4n) is 2.00. The molecule has 3 rings (SSSR count). The summed E-state index contributed by atoms with van der Waals surface area (Å²) in [6, 6.07) is 7.38. The predicted molar refractivity (Wildman–Crippen MR) is 77.1 cm³/mol. The van der Waals surface area contributed by atoms with E-state index >= 15 is 0 Å². The summed E-state index contributed by atoms with van der Waals surface area (Å²) in [5.74, 6) is 2.28. The lowest BCUT2D eigenvalue weighted by Crippen LogP contribution is -2.37. The molecule has 1 fully saturated rings. The molecule has 8 heteroatoms. The van der Waals surface area contributed by atoms with Gasteiger partial charge in [0.15, 0.2) is 5.82 Å². The van der Waals surface area contributed by atoms with Crippen molar-refractivity contribution in [3.05, 3.63) is 24.3 Å². The summed E-state index contributed by atoms with van der Waals surface area (Å²) in [4.78, 5) is 12.0. The van der Waals surface area contributed by atoms with Crippen LogP contribution in [-0.2, 0) is 11.8 Å². The average Bonchev–Trinajstić information content (AvgIpc) is 3.10. The lowest BCUT2D eigenvalue weighted by atomic mass is 10.2. The maximum atomic E-state index is 12.0. The van der Waals surface area contributed by atoms with Crippen LogP contribution in [0.2, 0.25) is 0 Å². The van der Waals surface area contributed by atoms with Crippen LogP contribution in [0.15, 0.2) is 24.3 Å². The molecule has 104 valence electrons. The van der Waals surface area contributed by atoms with Gasteiger partial charge in [0.25, 0.3) is 0 Å². The smallest absolute Gasteiger partial charge is 0.242 e. The number of tetrazole rings is 1. The molecule has 1 aliphatic rings. The lowest BCUT2D eigenvalue weighted by Gasteiger charge is -2.11. The molecule has 2 heterocycles. The molecular formula is C12H14N6OS. The first-order chi connectivity index (χ1) is 9.74. The number of aromatic nitrogens is 4. The zero-order valence-corrected chi connectivity index (χ0v) is 11.7. The second-order valence-corrected chi connectivity index (χ2v) is 5.50. The van der Waals surface area contributed by atoms with Crippen molar-refractivity contribution in [2.24, 2.45) is 7.05 Å². The van der Waals surface area contributed by atoms with Crippen molar-refractivity contribution in [1.82, 2.24) is 25.5 Å². The van der Waals surface area contributed by atoms with Crippen LogP contribution < -0.4 is 10.6 Å². The van der Waals surface area contributed by atoms with Crippen LogP contribution in [-0.4, -0.2) is 43.8 Å². The number of rotatable bonds is 3. The third-order valence-corrected chi connectivity index (χ3v) is 3.98. The topological polar surface area (TPSA) is 84.7 Å². The van der Waals surface area contributed by atoms with Gasteiger partial charge in [0.1, 0.15) is 0 Å². The first-order valence-corrected chi connectivity index (χ1v) is 7.34. The molecule has 1 saturated heterocycles. The minimum absolute atomic E-state index is 0.0109. The minimum atomic E-state index is -0.125. The zero-order chi connectivity index (χ0) is 13.9. The maximum Gasteiger partial charge on any atom is 0.242 e. The second-order valence-electron chi connectivity index (χ2n) is 4.47. The van der Waals surface area contributed by atoms with E-state index in [9.17, 15) is 4.79 Å². The van der Waals surface area contributed by atoms with Gasteiger partial charge in [0.2, 0.25) is 5.91 Å². The van der Waals surface area contributed by atoms with Crippen molar-refractivity contribution in [2.75, 3.05) is 16.9 Å². The molecule has 2 N–H and O–H groups in total. The Morgan fingerprint density at radius 1 is 1.55 bits per heavy atom. The van der Waals surface area contributed by atoms with Crippen molar-refractivity contribution in [3.63, 3.8) is 0 Å². The number of benzene rings is 1. The number of nitrogens with zero attached hydrogens (tertiary/aromatic N) is 4. The molecule has 0 aliphatic carbocycles. The van der Waals surface area contributed by atoms with Crippen LogP contribution in [0, 0.1) is 0 Å². The van der Waals surface area contributed by atoms with E-state index in [1.165, 1.54) is 0 Å². The van der Waals surface area contributed by atoms with E-state index in [1.807, 2.05) is 24.3 Å². The van der Waals surface area contributed by atoms with Gasteiger partial charge in [0, 0.05) is 29.9 Å². The van der Waals surface area contributed by atoms with Gasteiger partial charge < -0.3 is 5.32 Å². The predicted octanol–water partition coefficient (Wildman–Crippen LogP) is 0.478. The Morgan fingerprint density at radius 3 is 3.15 bits per heavy atom. The number of carbonyl (C=O) groups excluding carboxylic acids is 1. The normalized spacial score (nSPS) is 18.1. The number of hydrogen-bond donors (Lipinski definition) is 2. The number of amides is 1. The number of nitrogens with one attached hydrogen (secondary N) is 2. The van der Waals surface area contributed by atoms with Gasteiger partial charge in [-0.15, -0.1) is 16.9 Å². The van der Waals surface area contributed by atoms with E-state index < -0.39 is 0 Å². The highest BCUT2D eigenvalue weighted by molar-refractivity contribution is 7.99. The van der Waals surface area contributed by atoms with Gasteiger partial charge in [-0.3, -0.25) is 10.1 Å². The van der Waals surface area contributed by atoms with E-state index in [0.29, 0.717) is 5.82 Å². The number of thioether (sulfide) groups is 1. The van der Waals surface area contributed by atoms with Crippen LogP contribution in [0.5, 0.6) is 0 Å². The minimum Gasteiger partial charge on any atom is -0.325 e. The quantitative estimate of drug-likeness (QED) is 0.855. The van der Waals surface area contributed by atoms with Gasteiger partial charge in [-0.05, 0) is 22.6 Å². The number of anilines is 1. The van der Waals surface area contributed by atoms with Crippen LogP contribution in [0.25, 0.3) is 11.4 Å². The standard InChI is InChI=1S/C12H14N6OS/c1-18-11(15-16-17-18)8-3-2-4-9(5-8)14-12(19)10-6-20-7-13-10/h2-5,10,13H,6-7H2,1H3,(H,14,19). The van der Waals surface area contributed by atoms with Gasteiger partial charge in [-0.1, -0.05) is 12.1 Å². The molecule has 1 atom stereocenters. The monoisotopic (exact) mass is 290 g/mol. The molecular weight excluding hydrogens is 276 g/mol. The van der Waals surface area contributed by atoms with Crippen molar-refractivity contribution in [1.29, 1.82) is 0 Å². The highest BCUT2D eigenvalue weighted by atomic mass is 32.2. The van der Waals surface area contributed by atoms with Gasteiger partial charge in [-0.25, -0.2) is 4.68 Å². The maximum absolute atomic E-state index is 12.0. The zero-order valence-electron chi connectivity index (χ0n) is 10.9. The Kier molecular flexibility index (Phi) is 3.66. The van der Waals surface area contributed by atoms with Crippen molar-refractivity contribution < 1.29 is 4.79 Å². The molecule has 1 amide bonds. The summed E-state index contributed by atoms with van der Waals surface area (Å²) in [6.45, 7) is 0. The first-order valence-electron chi connectivity index (χ1n) is 6.19.